The molecule has 3 rings (SSSR count). The van der Waals surface area contributed by atoms with Crippen LogP contribution in [0.5, 0.6) is 0 Å². The number of carbonyl (C=O) groups is 1. The molecule has 27 heavy (non-hydrogen) atoms. The fourth-order valence-corrected chi connectivity index (χ4v) is 3.34. The Morgan fingerprint density at radius 1 is 0.852 bits per heavy atom. The van der Waals surface area contributed by atoms with Gasteiger partial charge in [0.05, 0.1) is 6.04 Å². The average Bonchev–Trinajstić information content (AvgIpc) is 2.72. The molecule has 0 unspecified atom stereocenters. The van der Waals surface area contributed by atoms with Crippen LogP contribution in [0.25, 0.3) is 0 Å². The summed E-state index contributed by atoms with van der Waals surface area (Å²) in [5, 5.41) is 3.22. The van der Waals surface area contributed by atoms with E-state index in [2.05, 4.69) is 73.8 Å². The molecule has 1 amide bonds. The molecule has 0 spiro atoms. The molecule has 0 aliphatic heterocycles. The number of nitrogens with one attached hydrogen (secondary N) is 1. The molecule has 2 nitrogen and oxygen atoms in total. The molecule has 1 atom stereocenters. The number of rotatable bonds is 7. The van der Waals surface area contributed by atoms with E-state index in [-0.39, 0.29) is 11.9 Å². The van der Waals surface area contributed by atoms with Crippen LogP contribution in [0, 0.1) is 6.92 Å². The predicted molar refractivity (Wildman–Crippen MR) is 112 cm³/mol. The Morgan fingerprint density at radius 3 is 2.22 bits per heavy atom. The first-order valence-electron chi connectivity index (χ1n) is 9.66. The van der Waals surface area contributed by atoms with Gasteiger partial charge >= 0.3 is 0 Å². The van der Waals surface area contributed by atoms with Gasteiger partial charge < -0.3 is 5.32 Å². The van der Waals surface area contributed by atoms with Gasteiger partial charge in [-0.2, -0.15) is 0 Å². The normalized spacial score (nSPS) is 11.8. The molecule has 0 saturated heterocycles. The summed E-state index contributed by atoms with van der Waals surface area (Å²) in [7, 11) is 0. The van der Waals surface area contributed by atoms with Gasteiger partial charge in [-0.1, -0.05) is 85.3 Å². The van der Waals surface area contributed by atoms with Crippen LogP contribution in [0.2, 0.25) is 0 Å². The van der Waals surface area contributed by atoms with E-state index in [0.29, 0.717) is 0 Å². The van der Waals surface area contributed by atoms with Gasteiger partial charge in [0.15, 0.2) is 0 Å². The Kier molecular flexibility index (Phi) is 6.43. The monoisotopic (exact) mass is 357 g/mol. The van der Waals surface area contributed by atoms with Gasteiger partial charge in [-0.25, -0.2) is 0 Å². The lowest BCUT2D eigenvalue weighted by molar-refractivity contribution is 0.0934. The minimum absolute atomic E-state index is 0.00564. The minimum Gasteiger partial charge on any atom is -0.345 e. The van der Waals surface area contributed by atoms with E-state index in [0.717, 1.165) is 36.0 Å². The zero-order chi connectivity index (χ0) is 19.1. The third-order valence-electron chi connectivity index (χ3n) is 4.98. The van der Waals surface area contributed by atoms with E-state index in [1.165, 1.54) is 11.1 Å². The first-order valence-corrected chi connectivity index (χ1v) is 9.66. The van der Waals surface area contributed by atoms with Gasteiger partial charge in [0.25, 0.3) is 5.91 Å². The lowest BCUT2D eigenvalue weighted by atomic mass is 9.98. The van der Waals surface area contributed by atoms with Crippen molar-refractivity contribution in [3.8, 4) is 0 Å². The Morgan fingerprint density at radius 2 is 1.52 bits per heavy atom. The Balaban J connectivity index is 1.73. The van der Waals surface area contributed by atoms with E-state index in [1.54, 1.807) is 0 Å². The number of carbonyl (C=O) groups excluding carboxylic acids is 1. The van der Waals surface area contributed by atoms with Gasteiger partial charge in [0.2, 0.25) is 0 Å². The molecule has 0 bridgehead atoms. The molecule has 0 aliphatic rings. The van der Waals surface area contributed by atoms with Crippen LogP contribution in [0.1, 0.15) is 52.0 Å². The van der Waals surface area contributed by atoms with Gasteiger partial charge in [0.1, 0.15) is 0 Å². The molecule has 0 aliphatic carbocycles. The summed E-state index contributed by atoms with van der Waals surface area (Å²) in [6.45, 7) is 4.18. The maximum atomic E-state index is 13.0. The van der Waals surface area contributed by atoms with Crippen LogP contribution in [0.4, 0.5) is 0 Å². The molecule has 2 heteroatoms. The summed E-state index contributed by atoms with van der Waals surface area (Å²) < 4.78 is 0. The highest BCUT2D eigenvalue weighted by molar-refractivity contribution is 5.96. The maximum Gasteiger partial charge on any atom is 0.252 e. The molecule has 3 aromatic rings. The smallest absolute Gasteiger partial charge is 0.252 e. The lowest BCUT2D eigenvalue weighted by Gasteiger charge is -2.19. The zero-order valence-corrected chi connectivity index (χ0v) is 16.1. The third-order valence-corrected chi connectivity index (χ3v) is 4.98. The van der Waals surface area contributed by atoms with Crippen molar-refractivity contribution in [2.45, 2.75) is 39.2 Å². The van der Waals surface area contributed by atoms with Crippen molar-refractivity contribution >= 4 is 5.91 Å². The first kappa shape index (κ1) is 18.9. The van der Waals surface area contributed by atoms with Gasteiger partial charge in [-0.15, -0.1) is 0 Å². The quantitative estimate of drug-likeness (QED) is 0.581. The number of amides is 1. The van der Waals surface area contributed by atoms with Crippen LogP contribution in [0.15, 0.2) is 78.9 Å². The van der Waals surface area contributed by atoms with E-state index >= 15 is 0 Å². The van der Waals surface area contributed by atoms with E-state index < -0.39 is 0 Å². The van der Waals surface area contributed by atoms with Crippen molar-refractivity contribution in [1.29, 1.82) is 0 Å². The highest BCUT2D eigenvalue weighted by atomic mass is 16.1. The summed E-state index contributed by atoms with van der Waals surface area (Å²) >= 11 is 0. The van der Waals surface area contributed by atoms with Gasteiger partial charge in [0, 0.05) is 5.56 Å². The van der Waals surface area contributed by atoms with E-state index in [1.807, 2.05) is 24.3 Å². The SMILES string of the molecule is CC[C@H](NC(=O)c1ccccc1CCc1ccccc1)c1ccc(C)cc1. The molecular weight excluding hydrogens is 330 g/mol. The van der Waals surface area contributed by atoms with Crippen LogP contribution in [-0.2, 0) is 12.8 Å². The average molecular weight is 357 g/mol. The predicted octanol–water partition coefficient (Wildman–Crippen LogP) is 5.66. The fraction of sp³-hybridized carbons (Fsp3) is 0.240. The summed E-state index contributed by atoms with van der Waals surface area (Å²) in [6.07, 6.45) is 2.65. The van der Waals surface area contributed by atoms with Gasteiger partial charge in [-0.05, 0) is 48.9 Å². The topological polar surface area (TPSA) is 29.1 Å². The largest absolute Gasteiger partial charge is 0.345 e. The van der Waals surface area contributed by atoms with Crippen LogP contribution >= 0.6 is 0 Å². The third kappa shape index (κ3) is 5.07. The second-order valence-electron chi connectivity index (χ2n) is 6.99. The summed E-state index contributed by atoms with van der Waals surface area (Å²) in [4.78, 5) is 13.0. The molecular formula is C25H27NO. The molecule has 0 fully saturated rings. The van der Waals surface area contributed by atoms with Crippen LogP contribution in [0.3, 0.4) is 0 Å². The number of aryl methyl sites for hydroxylation is 3. The Bertz CT molecular complexity index is 868. The molecule has 3 aromatic carbocycles. The van der Waals surface area contributed by atoms with Crippen molar-refractivity contribution in [1.82, 2.24) is 5.32 Å². The lowest BCUT2D eigenvalue weighted by Crippen LogP contribution is -2.29. The Hall–Kier alpha value is -2.87. The molecule has 1 N–H and O–H groups in total. The zero-order valence-electron chi connectivity index (χ0n) is 16.1. The van der Waals surface area contributed by atoms with Crippen molar-refractivity contribution in [2.75, 3.05) is 0 Å². The molecule has 0 saturated carbocycles. The molecule has 138 valence electrons. The van der Waals surface area contributed by atoms with Crippen molar-refractivity contribution in [3.05, 3.63) is 107 Å². The highest BCUT2D eigenvalue weighted by Crippen LogP contribution is 2.19. The maximum absolute atomic E-state index is 13.0. The summed E-state index contributed by atoms with van der Waals surface area (Å²) in [6, 6.07) is 26.8. The van der Waals surface area contributed by atoms with Crippen molar-refractivity contribution in [3.63, 3.8) is 0 Å². The number of benzene rings is 3. The van der Waals surface area contributed by atoms with Crippen LogP contribution < -0.4 is 5.32 Å². The first-order chi connectivity index (χ1) is 13.2. The van der Waals surface area contributed by atoms with E-state index in [4.69, 9.17) is 0 Å². The minimum atomic E-state index is 0.00564. The van der Waals surface area contributed by atoms with Crippen LogP contribution in [-0.4, -0.2) is 5.91 Å². The standard InChI is InChI=1S/C25H27NO/c1-3-24(22-16-13-19(2)14-17-22)26-25(27)23-12-8-7-11-21(23)18-15-20-9-5-4-6-10-20/h4-14,16-17,24H,3,15,18H2,1-2H3,(H,26,27)/t24-/m0/s1. The highest BCUT2D eigenvalue weighted by Gasteiger charge is 2.16. The van der Waals surface area contributed by atoms with E-state index in [9.17, 15) is 4.79 Å². The molecule has 0 radical (unpaired) electrons. The second-order valence-corrected chi connectivity index (χ2v) is 6.99. The summed E-state index contributed by atoms with van der Waals surface area (Å²) in [5.41, 5.74) is 5.54. The van der Waals surface area contributed by atoms with Crippen molar-refractivity contribution < 1.29 is 4.79 Å². The molecule has 0 heterocycles. The number of hydrogen-bond acceptors (Lipinski definition) is 1. The Labute approximate surface area is 162 Å². The molecule has 0 aromatic heterocycles. The number of hydrogen-bond donors (Lipinski definition) is 1. The summed E-state index contributed by atoms with van der Waals surface area (Å²) in [5.74, 6) is 0.00564. The fourth-order valence-electron chi connectivity index (χ4n) is 3.34. The van der Waals surface area contributed by atoms with Crippen molar-refractivity contribution in [2.24, 2.45) is 0 Å². The second kappa shape index (κ2) is 9.18. The van der Waals surface area contributed by atoms with Gasteiger partial charge in [-0.3, -0.25) is 4.79 Å².